The zero-order chi connectivity index (χ0) is 18.8. The third-order valence-electron chi connectivity index (χ3n) is 3.89. The van der Waals surface area contributed by atoms with Gasteiger partial charge in [0.2, 0.25) is 5.88 Å². The van der Waals surface area contributed by atoms with Gasteiger partial charge in [0, 0.05) is 24.6 Å². The number of aromatic nitrogens is 1. The molecule has 9 nitrogen and oxygen atoms in total. The van der Waals surface area contributed by atoms with Gasteiger partial charge >= 0.3 is 0 Å². The van der Waals surface area contributed by atoms with Crippen molar-refractivity contribution in [2.45, 2.75) is 0 Å². The van der Waals surface area contributed by atoms with Crippen LogP contribution in [-0.2, 0) is 7.05 Å². The van der Waals surface area contributed by atoms with Gasteiger partial charge in [-0.1, -0.05) is 6.07 Å². The number of hydrogen-bond acceptors (Lipinski definition) is 6. The van der Waals surface area contributed by atoms with Crippen LogP contribution in [0.1, 0.15) is 10.4 Å². The molecule has 1 heterocycles. The first-order chi connectivity index (χ1) is 12.4. The summed E-state index contributed by atoms with van der Waals surface area (Å²) in [5, 5.41) is 29.1. The number of amides is 1. The summed E-state index contributed by atoms with van der Waals surface area (Å²) < 4.78 is 6.66. The number of azo groups is 1. The minimum absolute atomic E-state index is 0.0280. The van der Waals surface area contributed by atoms with Crippen LogP contribution in [0.5, 0.6) is 11.6 Å². The monoisotopic (exact) mass is 354 g/mol. The number of hydrogen-bond donors (Lipinski definition) is 1. The smallest absolute Gasteiger partial charge is 0.295 e. The number of benzene rings is 2. The van der Waals surface area contributed by atoms with E-state index in [1.165, 1.54) is 29.9 Å². The quantitative estimate of drug-likeness (QED) is 0.435. The Morgan fingerprint density at radius 1 is 1.27 bits per heavy atom. The number of non-ortho nitro benzene ring substituents is 1. The van der Waals surface area contributed by atoms with Crippen molar-refractivity contribution >= 4 is 28.2 Å². The fourth-order valence-electron chi connectivity index (χ4n) is 2.52. The molecule has 0 aliphatic carbocycles. The lowest BCUT2D eigenvalue weighted by Crippen LogP contribution is -1.95. The van der Waals surface area contributed by atoms with Crippen molar-refractivity contribution in [1.29, 1.82) is 0 Å². The first-order valence-corrected chi connectivity index (χ1v) is 7.48. The Morgan fingerprint density at radius 3 is 2.73 bits per heavy atom. The normalized spacial score (nSPS) is 11.2. The molecule has 0 saturated carbocycles. The molecule has 0 aliphatic rings. The largest absolute Gasteiger partial charge is 0.497 e. The van der Waals surface area contributed by atoms with Gasteiger partial charge in [-0.15, -0.1) is 10.2 Å². The zero-order valence-corrected chi connectivity index (χ0v) is 13.9. The van der Waals surface area contributed by atoms with Crippen LogP contribution in [0.25, 0.3) is 10.9 Å². The van der Waals surface area contributed by atoms with Gasteiger partial charge in [-0.2, -0.15) is 0 Å². The number of aromatic hydroxyl groups is 1. The van der Waals surface area contributed by atoms with Crippen molar-refractivity contribution in [3.63, 3.8) is 0 Å². The highest BCUT2D eigenvalue weighted by molar-refractivity contribution is 5.98. The van der Waals surface area contributed by atoms with E-state index >= 15 is 0 Å². The highest BCUT2D eigenvalue weighted by Crippen LogP contribution is 2.39. The third kappa shape index (κ3) is 2.97. The van der Waals surface area contributed by atoms with Gasteiger partial charge in [-0.3, -0.25) is 14.9 Å². The fourth-order valence-corrected chi connectivity index (χ4v) is 2.52. The van der Waals surface area contributed by atoms with Gasteiger partial charge < -0.3 is 14.4 Å². The lowest BCUT2D eigenvalue weighted by molar-refractivity contribution is -0.384. The first-order valence-electron chi connectivity index (χ1n) is 7.48. The number of nitrogens with zero attached hydrogens (tertiary/aromatic N) is 4. The van der Waals surface area contributed by atoms with Crippen LogP contribution in [-0.4, -0.2) is 27.6 Å². The summed E-state index contributed by atoms with van der Waals surface area (Å²) in [6, 6.07) is 10.3. The topological polar surface area (TPSA) is 119 Å². The van der Waals surface area contributed by atoms with Gasteiger partial charge in [0.15, 0.2) is 5.69 Å². The molecule has 132 valence electrons. The van der Waals surface area contributed by atoms with E-state index in [1.54, 1.807) is 25.2 Å². The Bertz CT molecular complexity index is 1050. The SMILES string of the molecule is COc1ccc2c(c1)c(N=NC(=O)c1cccc([N+](=O)[O-])c1)c(O)n2C. The number of aryl methyl sites for hydroxylation is 1. The Hall–Kier alpha value is -3.75. The molecule has 1 aromatic heterocycles. The zero-order valence-electron chi connectivity index (χ0n) is 13.9. The molecule has 0 fully saturated rings. The number of ether oxygens (including phenoxy) is 1. The molecular formula is C17H14N4O5. The Labute approximate surface area is 147 Å². The highest BCUT2D eigenvalue weighted by atomic mass is 16.6. The van der Waals surface area contributed by atoms with Gasteiger partial charge in [-0.25, -0.2) is 0 Å². The van der Waals surface area contributed by atoms with Crippen molar-refractivity contribution in [3.05, 3.63) is 58.1 Å². The second kappa shape index (κ2) is 6.63. The number of methoxy groups -OCH3 is 1. The minimum atomic E-state index is -0.756. The van der Waals surface area contributed by atoms with E-state index in [0.29, 0.717) is 16.7 Å². The minimum Gasteiger partial charge on any atom is -0.497 e. The van der Waals surface area contributed by atoms with Crippen molar-refractivity contribution < 1.29 is 19.6 Å². The average molecular weight is 354 g/mol. The number of rotatable bonds is 4. The molecule has 2 aromatic carbocycles. The number of carbonyl (C=O) groups excluding carboxylic acids is 1. The fraction of sp³-hybridized carbons (Fsp3) is 0.118. The molecule has 3 rings (SSSR count). The van der Waals surface area contributed by atoms with Crippen molar-refractivity contribution in [2.75, 3.05) is 7.11 Å². The van der Waals surface area contributed by atoms with Gasteiger partial charge in [0.25, 0.3) is 11.6 Å². The second-order valence-electron chi connectivity index (χ2n) is 5.43. The Balaban J connectivity index is 2.00. The average Bonchev–Trinajstić information content (AvgIpc) is 2.89. The Morgan fingerprint density at radius 2 is 2.04 bits per heavy atom. The molecular weight excluding hydrogens is 340 g/mol. The van der Waals surface area contributed by atoms with Crippen LogP contribution >= 0.6 is 0 Å². The van der Waals surface area contributed by atoms with Crippen molar-refractivity contribution in [3.8, 4) is 11.6 Å². The lowest BCUT2D eigenvalue weighted by Gasteiger charge is -2.00. The van der Waals surface area contributed by atoms with Gasteiger partial charge in [-0.05, 0) is 24.3 Å². The van der Waals surface area contributed by atoms with Crippen molar-refractivity contribution in [1.82, 2.24) is 4.57 Å². The molecule has 0 bridgehead atoms. The van der Waals surface area contributed by atoms with E-state index in [-0.39, 0.29) is 22.8 Å². The molecule has 0 atom stereocenters. The number of nitro groups is 1. The molecule has 0 unspecified atom stereocenters. The molecule has 0 radical (unpaired) electrons. The maximum Gasteiger partial charge on any atom is 0.295 e. The Kier molecular flexibility index (Phi) is 4.36. The molecule has 0 aliphatic heterocycles. The van der Waals surface area contributed by atoms with Crippen LogP contribution in [0.15, 0.2) is 52.7 Å². The standard InChI is InChI=1S/C17H14N4O5/c1-20-14-7-6-12(26-2)9-13(14)15(17(20)23)18-19-16(22)10-4-3-5-11(8-10)21(24)25/h3-9,23H,1-2H3. The number of nitro benzene ring substituents is 1. The maximum absolute atomic E-state index is 12.2. The molecule has 0 spiro atoms. The molecule has 3 aromatic rings. The summed E-state index contributed by atoms with van der Waals surface area (Å²) >= 11 is 0. The summed E-state index contributed by atoms with van der Waals surface area (Å²) in [4.78, 5) is 22.4. The van der Waals surface area contributed by atoms with E-state index in [9.17, 15) is 20.0 Å². The van der Waals surface area contributed by atoms with E-state index in [4.69, 9.17) is 4.74 Å². The summed E-state index contributed by atoms with van der Waals surface area (Å²) in [6.45, 7) is 0. The third-order valence-corrected chi connectivity index (χ3v) is 3.89. The van der Waals surface area contributed by atoms with Crippen LogP contribution in [0.3, 0.4) is 0 Å². The van der Waals surface area contributed by atoms with Crippen LogP contribution in [0, 0.1) is 10.1 Å². The molecule has 1 amide bonds. The van der Waals surface area contributed by atoms with Gasteiger partial charge in [0.05, 0.1) is 23.1 Å². The van der Waals surface area contributed by atoms with Crippen molar-refractivity contribution in [2.24, 2.45) is 17.3 Å². The number of carbonyl (C=O) groups is 1. The summed E-state index contributed by atoms with van der Waals surface area (Å²) in [5.41, 5.74) is 0.601. The molecule has 0 saturated heterocycles. The highest BCUT2D eigenvalue weighted by Gasteiger charge is 2.16. The van der Waals surface area contributed by atoms with Gasteiger partial charge in [0.1, 0.15) is 5.75 Å². The first kappa shape index (κ1) is 17.1. The van der Waals surface area contributed by atoms with Crippen LogP contribution in [0.2, 0.25) is 0 Å². The maximum atomic E-state index is 12.2. The predicted octanol–water partition coefficient (Wildman–Crippen LogP) is 3.72. The van der Waals surface area contributed by atoms with E-state index in [2.05, 4.69) is 10.2 Å². The molecule has 9 heteroatoms. The summed E-state index contributed by atoms with van der Waals surface area (Å²) in [5.74, 6) is -0.360. The molecule has 1 N–H and O–H groups in total. The van der Waals surface area contributed by atoms with Crippen LogP contribution in [0.4, 0.5) is 11.4 Å². The van der Waals surface area contributed by atoms with E-state index in [1.807, 2.05) is 0 Å². The summed E-state index contributed by atoms with van der Waals surface area (Å²) in [6.07, 6.45) is 0. The lowest BCUT2D eigenvalue weighted by atomic mass is 10.2. The van der Waals surface area contributed by atoms with E-state index < -0.39 is 10.8 Å². The van der Waals surface area contributed by atoms with E-state index in [0.717, 1.165) is 6.07 Å². The molecule has 26 heavy (non-hydrogen) atoms. The second-order valence-corrected chi connectivity index (χ2v) is 5.43. The number of fused-ring (bicyclic) bond motifs is 1. The van der Waals surface area contributed by atoms with Crippen LogP contribution < -0.4 is 4.74 Å². The summed E-state index contributed by atoms with van der Waals surface area (Å²) in [7, 11) is 3.16. The predicted molar refractivity (Wildman–Crippen MR) is 93.1 cm³/mol.